The molecule has 3 aromatic rings. The lowest BCUT2D eigenvalue weighted by Gasteiger charge is -2.07. The Balaban J connectivity index is 1.44. The summed E-state index contributed by atoms with van der Waals surface area (Å²) in [5.41, 5.74) is 3.31. The molecule has 2 aromatic carbocycles. The van der Waals surface area contributed by atoms with Crippen LogP contribution in [-0.2, 0) is 16.0 Å². The summed E-state index contributed by atoms with van der Waals surface area (Å²) in [6, 6.07) is 14.5. The largest absolute Gasteiger partial charge is 0.361 e. The van der Waals surface area contributed by atoms with Gasteiger partial charge in [0.1, 0.15) is 6.42 Å². The van der Waals surface area contributed by atoms with E-state index in [4.69, 9.17) is 0 Å². The summed E-state index contributed by atoms with van der Waals surface area (Å²) in [5, 5.41) is 6.56. The van der Waals surface area contributed by atoms with Gasteiger partial charge in [-0.1, -0.05) is 18.2 Å². The number of anilines is 1. The number of aromatic amines is 1. The van der Waals surface area contributed by atoms with Gasteiger partial charge in [0.25, 0.3) is 0 Å². The number of carbonyl (C=O) groups excluding carboxylic acids is 3. The molecule has 2 amide bonds. The van der Waals surface area contributed by atoms with Crippen LogP contribution in [0.25, 0.3) is 10.9 Å². The average molecular weight is 363 g/mol. The molecule has 0 saturated heterocycles. The molecule has 0 aliphatic carbocycles. The second kappa shape index (κ2) is 8.31. The van der Waals surface area contributed by atoms with E-state index in [0.717, 1.165) is 16.5 Å². The highest BCUT2D eigenvalue weighted by atomic mass is 16.2. The van der Waals surface area contributed by atoms with Crippen molar-refractivity contribution in [2.24, 2.45) is 0 Å². The zero-order valence-electron chi connectivity index (χ0n) is 15.0. The Hall–Kier alpha value is -3.41. The van der Waals surface area contributed by atoms with Gasteiger partial charge in [-0.05, 0) is 49.2 Å². The smallest absolute Gasteiger partial charge is 0.233 e. The molecule has 1 heterocycles. The van der Waals surface area contributed by atoms with Crippen molar-refractivity contribution in [2.75, 3.05) is 11.9 Å². The first kappa shape index (κ1) is 18.4. The van der Waals surface area contributed by atoms with E-state index in [-0.39, 0.29) is 18.1 Å². The predicted octanol–water partition coefficient (Wildman–Crippen LogP) is 3.06. The minimum Gasteiger partial charge on any atom is -0.361 e. The van der Waals surface area contributed by atoms with Crippen LogP contribution < -0.4 is 10.6 Å². The number of ketones is 1. The number of hydrogen-bond acceptors (Lipinski definition) is 3. The van der Waals surface area contributed by atoms with Crippen molar-refractivity contribution in [3.63, 3.8) is 0 Å². The SMILES string of the molecule is CC(=O)c1ccc(NC(=O)CC(=O)NCCc2c[nH]c3ccccc23)cc1. The fraction of sp³-hybridized carbons (Fsp3) is 0.190. The molecule has 0 unspecified atom stereocenters. The fourth-order valence-corrected chi connectivity index (χ4v) is 2.88. The quantitative estimate of drug-likeness (QED) is 0.445. The maximum absolute atomic E-state index is 12.0. The topological polar surface area (TPSA) is 91.1 Å². The van der Waals surface area contributed by atoms with Gasteiger partial charge < -0.3 is 15.6 Å². The summed E-state index contributed by atoms with van der Waals surface area (Å²) in [7, 11) is 0. The van der Waals surface area contributed by atoms with Crippen LogP contribution in [0.2, 0.25) is 0 Å². The van der Waals surface area contributed by atoms with E-state index in [1.807, 2.05) is 30.5 Å². The first-order valence-electron chi connectivity index (χ1n) is 8.75. The van der Waals surface area contributed by atoms with Crippen LogP contribution in [0.1, 0.15) is 29.3 Å². The molecule has 0 bridgehead atoms. The molecule has 6 heteroatoms. The van der Waals surface area contributed by atoms with E-state index < -0.39 is 5.91 Å². The Morgan fingerprint density at radius 1 is 0.963 bits per heavy atom. The van der Waals surface area contributed by atoms with Crippen molar-refractivity contribution >= 4 is 34.2 Å². The Morgan fingerprint density at radius 3 is 2.44 bits per heavy atom. The van der Waals surface area contributed by atoms with Crippen LogP contribution >= 0.6 is 0 Å². The Morgan fingerprint density at radius 2 is 1.70 bits per heavy atom. The Labute approximate surface area is 157 Å². The van der Waals surface area contributed by atoms with E-state index >= 15 is 0 Å². The van der Waals surface area contributed by atoms with Gasteiger partial charge in [-0.15, -0.1) is 0 Å². The second-order valence-electron chi connectivity index (χ2n) is 6.32. The number of fused-ring (bicyclic) bond motifs is 1. The standard InChI is InChI=1S/C21H21N3O3/c1-14(25)15-6-8-17(9-7-15)24-21(27)12-20(26)22-11-10-16-13-23-19-5-3-2-4-18(16)19/h2-9,13,23H,10-12H2,1H3,(H,22,26)(H,24,27). The molecule has 0 aliphatic heterocycles. The number of H-pyrrole nitrogens is 1. The van der Waals surface area contributed by atoms with Crippen LogP contribution in [0, 0.1) is 0 Å². The molecule has 1 aromatic heterocycles. The molecule has 3 rings (SSSR count). The molecular formula is C21H21N3O3. The number of hydrogen-bond donors (Lipinski definition) is 3. The molecule has 0 fully saturated rings. The van der Waals surface area contributed by atoms with Crippen molar-refractivity contribution in [3.8, 4) is 0 Å². The van der Waals surface area contributed by atoms with Gasteiger partial charge in [0, 0.05) is 34.9 Å². The monoisotopic (exact) mass is 363 g/mol. The average Bonchev–Trinajstić information content (AvgIpc) is 3.05. The molecule has 27 heavy (non-hydrogen) atoms. The minimum absolute atomic E-state index is 0.0394. The number of nitrogens with one attached hydrogen (secondary N) is 3. The molecule has 0 spiro atoms. The number of para-hydroxylation sites is 1. The van der Waals surface area contributed by atoms with E-state index in [0.29, 0.717) is 24.2 Å². The normalized spacial score (nSPS) is 10.6. The van der Waals surface area contributed by atoms with E-state index in [1.54, 1.807) is 24.3 Å². The van der Waals surface area contributed by atoms with Gasteiger partial charge in [0.2, 0.25) is 11.8 Å². The predicted molar refractivity (Wildman–Crippen MR) is 105 cm³/mol. The van der Waals surface area contributed by atoms with Crippen molar-refractivity contribution in [2.45, 2.75) is 19.8 Å². The first-order valence-corrected chi connectivity index (χ1v) is 8.75. The van der Waals surface area contributed by atoms with Crippen LogP contribution in [0.15, 0.2) is 54.7 Å². The summed E-state index contributed by atoms with van der Waals surface area (Å²) in [5.74, 6) is -0.759. The zero-order valence-corrected chi connectivity index (χ0v) is 15.0. The number of aromatic nitrogens is 1. The third kappa shape index (κ3) is 4.82. The second-order valence-corrected chi connectivity index (χ2v) is 6.32. The molecule has 0 atom stereocenters. The fourth-order valence-electron chi connectivity index (χ4n) is 2.88. The van der Waals surface area contributed by atoms with Gasteiger partial charge >= 0.3 is 0 Å². The first-order chi connectivity index (χ1) is 13.0. The highest BCUT2D eigenvalue weighted by Crippen LogP contribution is 2.17. The van der Waals surface area contributed by atoms with Crippen LogP contribution in [-0.4, -0.2) is 29.1 Å². The number of benzene rings is 2. The van der Waals surface area contributed by atoms with Crippen molar-refractivity contribution in [1.29, 1.82) is 0 Å². The van der Waals surface area contributed by atoms with E-state index in [2.05, 4.69) is 15.6 Å². The Kier molecular flexibility index (Phi) is 5.66. The maximum Gasteiger partial charge on any atom is 0.233 e. The number of Topliss-reactive ketones (excluding diaryl/α,β-unsaturated/α-hetero) is 1. The lowest BCUT2D eigenvalue weighted by molar-refractivity contribution is -0.126. The summed E-state index contributed by atoms with van der Waals surface area (Å²) in [6.45, 7) is 1.94. The molecule has 0 radical (unpaired) electrons. The van der Waals surface area contributed by atoms with Crippen molar-refractivity contribution < 1.29 is 14.4 Å². The highest BCUT2D eigenvalue weighted by molar-refractivity contribution is 6.03. The lowest BCUT2D eigenvalue weighted by atomic mass is 10.1. The lowest BCUT2D eigenvalue weighted by Crippen LogP contribution is -2.29. The van der Waals surface area contributed by atoms with Gasteiger partial charge in [-0.3, -0.25) is 14.4 Å². The van der Waals surface area contributed by atoms with Crippen LogP contribution in [0.4, 0.5) is 5.69 Å². The van der Waals surface area contributed by atoms with Gasteiger partial charge in [0.15, 0.2) is 5.78 Å². The molecule has 6 nitrogen and oxygen atoms in total. The third-order valence-electron chi connectivity index (χ3n) is 4.29. The van der Waals surface area contributed by atoms with Gasteiger partial charge in [-0.2, -0.15) is 0 Å². The number of amides is 2. The third-order valence-corrected chi connectivity index (χ3v) is 4.29. The summed E-state index contributed by atoms with van der Waals surface area (Å²) in [4.78, 5) is 38.4. The molecule has 138 valence electrons. The molecular weight excluding hydrogens is 342 g/mol. The van der Waals surface area contributed by atoms with Crippen LogP contribution in [0.5, 0.6) is 0 Å². The zero-order chi connectivity index (χ0) is 19.2. The van der Waals surface area contributed by atoms with Crippen LogP contribution in [0.3, 0.4) is 0 Å². The van der Waals surface area contributed by atoms with E-state index in [9.17, 15) is 14.4 Å². The van der Waals surface area contributed by atoms with Gasteiger partial charge in [-0.25, -0.2) is 0 Å². The molecule has 3 N–H and O–H groups in total. The van der Waals surface area contributed by atoms with Crippen molar-refractivity contribution in [3.05, 3.63) is 65.9 Å². The Bertz CT molecular complexity index is 974. The number of carbonyl (C=O) groups is 3. The van der Waals surface area contributed by atoms with Crippen molar-refractivity contribution in [1.82, 2.24) is 10.3 Å². The molecule has 0 aliphatic rings. The summed E-state index contributed by atoms with van der Waals surface area (Å²) in [6.07, 6.45) is 2.38. The highest BCUT2D eigenvalue weighted by Gasteiger charge is 2.10. The number of rotatable bonds is 7. The molecule has 0 saturated carbocycles. The van der Waals surface area contributed by atoms with Gasteiger partial charge in [0.05, 0.1) is 0 Å². The van der Waals surface area contributed by atoms with E-state index in [1.165, 1.54) is 6.92 Å². The summed E-state index contributed by atoms with van der Waals surface area (Å²) >= 11 is 0. The summed E-state index contributed by atoms with van der Waals surface area (Å²) < 4.78 is 0. The maximum atomic E-state index is 12.0. The minimum atomic E-state index is -0.393.